The normalized spacial score (nSPS) is 27.0. The highest BCUT2D eigenvalue weighted by Gasteiger charge is 2.44. The fraction of sp³-hybridized carbons (Fsp3) is 0.650. The van der Waals surface area contributed by atoms with Gasteiger partial charge in [0.2, 0.25) is 11.9 Å². The van der Waals surface area contributed by atoms with Gasteiger partial charge in [0.25, 0.3) is 0 Å². The van der Waals surface area contributed by atoms with Gasteiger partial charge in [-0.3, -0.25) is 15.1 Å². The van der Waals surface area contributed by atoms with Crippen LogP contribution in [0, 0.1) is 5.92 Å². The number of hydrogen-bond acceptors (Lipinski definition) is 9. The molecular weight excluding hydrogens is 434 g/mol. The van der Waals surface area contributed by atoms with E-state index in [-0.39, 0.29) is 18.2 Å². The van der Waals surface area contributed by atoms with Gasteiger partial charge in [0.05, 0.1) is 25.1 Å². The van der Waals surface area contributed by atoms with E-state index in [4.69, 9.17) is 4.74 Å². The van der Waals surface area contributed by atoms with Gasteiger partial charge in [-0.05, 0) is 37.7 Å². The van der Waals surface area contributed by atoms with E-state index in [9.17, 15) is 4.79 Å². The van der Waals surface area contributed by atoms with Crippen molar-refractivity contribution in [1.82, 2.24) is 30.4 Å². The molecule has 31 heavy (non-hydrogen) atoms. The number of fused-ring (bicyclic) bond motifs is 8. The summed E-state index contributed by atoms with van der Waals surface area (Å²) in [6.07, 6.45) is 3.72. The number of ether oxygens (including phenoxy) is 1. The van der Waals surface area contributed by atoms with Gasteiger partial charge in [-0.25, -0.2) is 9.99 Å². The van der Waals surface area contributed by atoms with Crippen molar-refractivity contribution in [3.8, 4) is 5.00 Å². The van der Waals surface area contributed by atoms with Gasteiger partial charge in [-0.2, -0.15) is 0 Å². The zero-order valence-corrected chi connectivity index (χ0v) is 19.4. The Morgan fingerprint density at radius 2 is 2.13 bits per heavy atom. The molecule has 9 nitrogen and oxygen atoms in total. The first kappa shape index (κ1) is 20.0. The quantitative estimate of drug-likeness (QED) is 0.668. The van der Waals surface area contributed by atoms with Crippen LogP contribution in [-0.4, -0.2) is 63.8 Å². The maximum absolute atomic E-state index is 12.7. The lowest BCUT2D eigenvalue weighted by molar-refractivity contribution is -0.132. The number of hydrazine groups is 1. The number of rotatable bonds is 3. The van der Waals surface area contributed by atoms with Crippen LogP contribution in [0.1, 0.15) is 42.4 Å². The lowest BCUT2D eigenvalue weighted by Crippen LogP contribution is -2.41. The van der Waals surface area contributed by atoms with Crippen LogP contribution in [0.2, 0.25) is 0 Å². The third-order valence-electron chi connectivity index (χ3n) is 6.52. The molecule has 3 aliphatic heterocycles. The number of hydrogen-bond donors (Lipinski definition) is 2. The Balaban J connectivity index is 1.35. The topological polar surface area (TPSA) is 87.5 Å². The molecule has 6 rings (SSSR count). The van der Waals surface area contributed by atoms with Crippen molar-refractivity contribution in [3.05, 3.63) is 16.0 Å². The molecule has 0 spiro atoms. The minimum Gasteiger partial charge on any atom is -0.378 e. The summed E-state index contributed by atoms with van der Waals surface area (Å²) in [5, 5.41) is 16.8. The van der Waals surface area contributed by atoms with E-state index in [2.05, 4.69) is 44.4 Å². The Labute approximate surface area is 189 Å². The number of anilines is 1. The first-order valence-electron chi connectivity index (χ1n) is 11.0. The third-order valence-corrected chi connectivity index (χ3v) is 8.73. The predicted molar refractivity (Wildman–Crippen MR) is 120 cm³/mol. The summed E-state index contributed by atoms with van der Waals surface area (Å²) in [4.78, 5) is 16.1. The van der Waals surface area contributed by atoms with E-state index in [1.807, 2.05) is 16.2 Å². The molecule has 0 bridgehead atoms. The van der Waals surface area contributed by atoms with Crippen molar-refractivity contribution in [2.75, 3.05) is 37.1 Å². The average molecular weight is 462 g/mol. The number of thiophene rings is 1. The third kappa shape index (κ3) is 3.29. The summed E-state index contributed by atoms with van der Waals surface area (Å²) in [6, 6.07) is 0. The fourth-order valence-corrected chi connectivity index (χ4v) is 7.22. The standard InChI is InChI=1S/C20H27N7O2S2/c1-11-3-4-14-13(9-11)16-17-21-12(2)24-27(17)19-22-23-20(26(19)18(16)31-14)30-10-15(28)25-5-7-29-8-6-25/h11-12,17,21,24H,3-10H2,1-2H3/t11-,12?,17?/m1/s1. The van der Waals surface area contributed by atoms with Crippen LogP contribution >= 0.6 is 23.1 Å². The Morgan fingerprint density at radius 1 is 1.29 bits per heavy atom. The van der Waals surface area contributed by atoms with Crippen molar-refractivity contribution in [2.45, 2.75) is 50.6 Å². The van der Waals surface area contributed by atoms with Gasteiger partial charge in [-0.15, -0.1) is 21.5 Å². The predicted octanol–water partition coefficient (Wildman–Crippen LogP) is 1.68. The van der Waals surface area contributed by atoms with E-state index < -0.39 is 0 Å². The number of thioether (sulfide) groups is 1. The molecule has 0 radical (unpaired) electrons. The number of carbonyl (C=O) groups excluding carboxylic acids is 1. The van der Waals surface area contributed by atoms with Gasteiger partial charge < -0.3 is 9.64 Å². The molecule has 2 aromatic rings. The van der Waals surface area contributed by atoms with Crippen molar-refractivity contribution in [3.63, 3.8) is 0 Å². The fourth-order valence-electron chi connectivity index (χ4n) is 4.95. The molecule has 1 aliphatic carbocycles. The van der Waals surface area contributed by atoms with Crippen molar-refractivity contribution < 1.29 is 9.53 Å². The van der Waals surface area contributed by atoms with Crippen molar-refractivity contribution >= 4 is 35.0 Å². The van der Waals surface area contributed by atoms with Crippen LogP contribution in [-0.2, 0) is 22.4 Å². The van der Waals surface area contributed by atoms with Gasteiger partial charge in [0.1, 0.15) is 11.2 Å². The molecule has 2 N–H and O–H groups in total. The monoisotopic (exact) mass is 461 g/mol. The minimum absolute atomic E-state index is 0.0693. The molecule has 2 saturated heterocycles. The number of aromatic nitrogens is 3. The van der Waals surface area contributed by atoms with Gasteiger partial charge in [-0.1, -0.05) is 18.7 Å². The molecule has 5 heterocycles. The smallest absolute Gasteiger partial charge is 0.249 e. The second-order valence-corrected chi connectivity index (χ2v) is 10.8. The average Bonchev–Trinajstić information content (AvgIpc) is 3.46. The number of aryl methyl sites for hydroxylation is 1. The number of morpholine rings is 1. The minimum atomic E-state index is 0.0693. The lowest BCUT2D eigenvalue weighted by Gasteiger charge is -2.31. The Bertz CT molecular complexity index is 1020. The molecule has 4 aliphatic rings. The lowest BCUT2D eigenvalue weighted by atomic mass is 9.87. The molecule has 0 saturated carbocycles. The Kier molecular flexibility index (Phi) is 4.98. The SMILES string of the molecule is CC1NC2c3c(sc4c3C[C@H](C)CC4)-n3c(SCC(=O)N4CCOCC4)nnc3N2N1. The summed E-state index contributed by atoms with van der Waals surface area (Å²) in [7, 11) is 0. The molecule has 3 atom stereocenters. The van der Waals surface area contributed by atoms with Gasteiger partial charge in [0, 0.05) is 23.5 Å². The Morgan fingerprint density at radius 3 is 2.97 bits per heavy atom. The highest BCUT2D eigenvalue weighted by atomic mass is 32.2. The number of nitrogens with zero attached hydrogens (tertiary/aromatic N) is 5. The van der Waals surface area contributed by atoms with E-state index in [0.29, 0.717) is 38.0 Å². The van der Waals surface area contributed by atoms with Crippen molar-refractivity contribution in [2.24, 2.45) is 5.92 Å². The molecule has 2 fully saturated rings. The molecule has 11 heteroatoms. The van der Waals surface area contributed by atoms with Crippen LogP contribution in [0.15, 0.2) is 5.16 Å². The maximum Gasteiger partial charge on any atom is 0.249 e. The largest absolute Gasteiger partial charge is 0.378 e. The summed E-state index contributed by atoms with van der Waals surface area (Å²) < 4.78 is 7.52. The van der Waals surface area contributed by atoms with Crippen molar-refractivity contribution in [1.29, 1.82) is 0 Å². The molecule has 2 unspecified atom stereocenters. The van der Waals surface area contributed by atoms with E-state index in [1.165, 1.54) is 39.2 Å². The zero-order chi connectivity index (χ0) is 21.1. The van der Waals surface area contributed by atoms with Crippen LogP contribution < -0.4 is 15.8 Å². The van der Waals surface area contributed by atoms with E-state index in [0.717, 1.165) is 23.9 Å². The molecule has 2 aromatic heterocycles. The van der Waals surface area contributed by atoms with E-state index >= 15 is 0 Å². The number of amides is 1. The first-order valence-corrected chi connectivity index (χ1v) is 12.8. The number of nitrogens with one attached hydrogen (secondary N) is 2. The highest BCUT2D eigenvalue weighted by Crippen LogP contribution is 2.48. The maximum atomic E-state index is 12.7. The van der Waals surface area contributed by atoms with Crippen LogP contribution in [0.4, 0.5) is 5.95 Å². The summed E-state index contributed by atoms with van der Waals surface area (Å²) in [6.45, 7) is 7.04. The van der Waals surface area contributed by atoms with Crippen LogP contribution in [0.3, 0.4) is 0 Å². The van der Waals surface area contributed by atoms with E-state index in [1.54, 1.807) is 0 Å². The first-order chi connectivity index (χ1) is 15.1. The Hall–Kier alpha value is -1.66. The second kappa shape index (κ2) is 7.73. The summed E-state index contributed by atoms with van der Waals surface area (Å²) in [5.41, 5.74) is 6.35. The van der Waals surface area contributed by atoms with Gasteiger partial charge in [0.15, 0.2) is 5.16 Å². The van der Waals surface area contributed by atoms with Gasteiger partial charge >= 0.3 is 0 Å². The molecule has 0 aromatic carbocycles. The summed E-state index contributed by atoms with van der Waals surface area (Å²) in [5.74, 6) is 1.99. The summed E-state index contributed by atoms with van der Waals surface area (Å²) >= 11 is 3.35. The van der Waals surface area contributed by atoms with Crippen LogP contribution in [0.5, 0.6) is 0 Å². The molecule has 166 valence electrons. The molecular formula is C20H27N7O2S2. The van der Waals surface area contributed by atoms with Crippen LogP contribution in [0.25, 0.3) is 5.00 Å². The number of carbonyl (C=O) groups is 1. The zero-order valence-electron chi connectivity index (χ0n) is 17.8. The molecule has 1 amide bonds. The second-order valence-electron chi connectivity index (χ2n) is 8.76. The highest BCUT2D eigenvalue weighted by molar-refractivity contribution is 7.99.